The molecule has 0 amide bonds. The van der Waals surface area contributed by atoms with Crippen LogP contribution in [0.1, 0.15) is 0 Å². The highest BCUT2D eigenvalue weighted by atomic mass is 19.1. The highest BCUT2D eigenvalue weighted by Crippen LogP contribution is 2.22. The van der Waals surface area contributed by atoms with Crippen LogP contribution < -0.4 is 4.74 Å². The molecule has 0 spiro atoms. The fourth-order valence-corrected chi connectivity index (χ4v) is 1.33. The summed E-state index contributed by atoms with van der Waals surface area (Å²) in [6.07, 6.45) is 0. The van der Waals surface area contributed by atoms with Crippen molar-refractivity contribution < 1.29 is 13.9 Å². The highest BCUT2D eigenvalue weighted by Gasteiger charge is 2.01. The third-order valence-electron chi connectivity index (χ3n) is 1.96. The molecule has 0 atom stereocenters. The summed E-state index contributed by atoms with van der Waals surface area (Å²) in [5.41, 5.74) is 0. The number of rotatable bonds is 2. The molecule has 0 aliphatic carbocycles. The Balaban J connectivity index is 2.63. The first kappa shape index (κ1) is 8.69. The summed E-state index contributed by atoms with van der Waals surface area (Å²) < 4.78 is 17.7. The maximum absolute atomic E-state index is 13.3. The van der Waals surface area contributed by atoms with Crippen LogP contribution in [-0.4, -0.2) is 6.47 Å². The largest absolute Gasteiger partial charge is 0.423 e. The Morgan fingerprint density at radius 3 is 2.86 bits per heavy atom. The first-order valence-electron chi connectivity index (χ1n) is 4.03. The molecule has 0 N–H and O–H groups in total. The lowest BCUT2D eigenvalue weighted by Crippen LogP contribution is -1.88. The third kappa shape index (κ3) is 1.44. The van der Waals surface area contributed by atoms with Gasteiger partial charge >= 0.3 is 6.47 Å². The SMILES string of the molecule is O=[C]Oc1ccc2cccc(F)c2c1. The molecule has 0 fully saturated rings. The number of halogens is 1. The van der Waals surface area contributed by atoms with Crippen LogP contribution in [0.15, 0.2) is 36.4 Å². The molecule has 69 valence electrons. The minimum atomic E-state index is -0.334. The molecular formula is C11H6FO2. The van der Waals surface area contributed by atoms with Crippen LogP contribution in [0.2, 0.25) is 0 Å². The van der Waals surface area contributed by atoms with Crippen LogP contribution in [-0.2, 0) is 4.79 Å². The normalized spacial score (nSPS) is 10.1. The van der Waals surface area contributed by atoms with Gasteiger partial charge in [-0.3, -0.25) is 0 Å². The maximum Gasteiger partial charge on any atom is 0.423 e. The summed E-state index contributed by atoms with van der Waals surface area (Å²) in [5, 5.41) is 1.20. The highest BCUT2D eigenvalue weighted by molar-refractivity contribution is 5.84. The topological polar surface area (TPSA) is 26.3 Å². The molecule has 2 rings (SSSR count). The number of fused-ring (bicyclic) bond motifs is 1. The van der Waals surface area contributed by atoms with E-state index >= 15 is 0 Å². The second-order valence-corrected chi connectivity index (χ2v) is 2.81. The van der Waals surface area contributed by atoms with Crippen LogP contribution in [0.5, 0.6) is 5.75 Å². The van der Waals surface area contributed by atoms with Crippen LogP contribution in [0.4, 0.5) is 4.39 Å². The molecule has 0 bridgehead atoms. The third-order valence-corrected chi connectivity index (χ3v) is 1.96. The van der Waals surface area contributed by atoms with Gasteiger partial charge in [0.15, 0.2) is 0 Å². The smallest absolute Gasteiger partial charge is 0.418 e. The molecule has 2 aromatic rings. The van der Waals surface area contributed by atoms with Crippen LogP contribution in [0.25, 0.3) is 10.8 Å². The van der Waals surface area contributed by atoms with E-state index < -0.39 is 0 Å². The van der Waals surface area contributed by atoms with Gasteiger partial charge in [-0.2, -0.15) is 0 Å². The second-order valence-electron chi connectivity index (χ2n) is 2.81. The van der Waals surface area contributed by atoms with Crippen molar-refractivity contribution in [1.29, 1.82) is 0 Å². The zero-order valence-corrected chi connectivity index (χ0v) is 7.16. The van der Waals surface area contributed by atoms with Gasteiger partial charge in [0.25, 0.3) is 0 Å². The van der Waals surface area contributed by atoms with Crippen LogP contribution in [0.3, 0.4) is 0 Å². The molecule has 14 heavy (non-hydrogen) atoms. The summed E-state index contributed by atoms with van der Waals surface area (Å²) in [7, 11) is 0. The van der Waals surface area contributed by atoms with Crippen molar-refractivity contribution >= 4 is 17.2 Å². The van der Waals surface area contributed by atoms with E-state index in [0.29, 0.717) is 5.39 Å². The fourth-order valence-electron chi connectivity index (χ4n) is 1.33. The summed E-state index contributed by atoms with van der Waals surface area (Å²) in [4.78, 5) is 9.95. The van der Waals surface area contributed by atoms with E-state index in [4.69, 9.17) is 0 Å². The lowest BCUT2D eigenvalue weighted by Gasteiger charge is -2.01. The molecule has 1 radical (unpaired) electrons. The van der Waals surface area contributed by atoms with E-state index in [2.05, 4.69) is 4.74 Å². The van der Waals surface area contributed by atoms with E-state index in [-0.39, 0.29) is 11.6 Å². The Bertz CT molecular complexity index is 480. The molecular weight excluding hydrogens is 183 g/mol. The minimum Gasteiger partial charge on any atom is -0.418 e. The lowest BCUT2D eigenvalue weighted by molar-refractivity contribution is 0.443. The van der Waals surface area contributed by atoms with E-state index in [9.17, 15) is 9.18 Å². The lowest BCUT2D eigenvalue weighted by atomic mass is 10.1. The Morgan fingerprint density at radius 1 is 1.21 bits per heavy atom. The molecule has 0 saturated heterocycles. The Morgan fingerprint density at radius 2 is 2.07 bits per heavy atom. The number of ether oxygens (including phenoxy) is 1. The van der Waals surface area contributed by atoms with Gasteiger partial charge < -0.3 is 4.74 Å². The zero-order valence-electron chi connectivity index (χ0n) is 7.16. The van der Waals surface area contributed by atoms with E-state index in [1.165, 1.54) is 18.6 Å². The first-order valence-corrected chi connectivity index (χ1v) is 4.03. The fraction of sp³-hybridized carbons (Fsp3) is 0. The van der Waals surface area contributed by atoms with E-state index in [0.717, 1.165) is 5.39 Å². The van der Waals surface area contributed by atoms with Crippen LogP contribution in [0, 0.1) is 5.82 Å². The zero-order chi connectivity index (χ0) is 9.97. The average molecular weight is 189 g/mol. The van der Waals surface area contributed by atoms with Crippen molar-refractivity contribution in [3.8, 4) is 5.75 Å². The van der Waals surface area contributed by atoms with Crippen molar-refractivity contribution in [1.82, 2.24) is 0 Å². The second kappa shape index (κ2) is 3.46. The quantitative estimate of drug-likeness (QED) is 0.725. The van der Waals surface area contributed by atoms with Crippen molar-refractivity contribution in [2.45, 2.75) is 0 Å². The molecule has 0 aliphatic rings. The molecule has 2 nitrogen and oxygen atoms in total. The van der Waals surface area contributed by atoms with Crippen molar-refractivity contribution in [2.24, 2.45) is 0 Å². The summed E-state index contributed by atoms with van der Waals surface area (Å²) in [5.74, 6) is -0.0450. The summed E-state index contributed by atoms with van der Waals surface area (Å²) in [6, 6.07) is 9.51. The molecule has 0 aliphatic heterocycles. The van der Waals surface area contributed by atoms with E-state index in [1.807, 2.05) is 0 Å². The van der Waals surface area contributed by atoms with Gasteiger partial charge in [-0.05, 0) is 23.6 Å². The predicted octanol–water partition coefficient (Wildman–Crippen LogP) is 2.42. The molecule has 0 unspecified atom stereocenters. The minimum absolute atomic E-state index is 0.289. The molecule has 3 heteroatoms. The monoisotopic (exact) mass is 189 g/mol. The van der Waals surface area contributed by atoms with Crippen molar-refractivity contribution in [3.63, 3.8) is 0 Å². The summed E-state index contributed by atoms with van der Waals surface area (Å²) >= 11 is 0. The predicted molar refractivity (Wildman–Crippen MR) is 50.2 cm³/mol. The summed E-state index contributed by atoms with van der Waals surface area (Å²) in [6.45, 7) is 1.30. The number of hydrogen-bond acceptors (Lipinski definition) is 2. The van der Waals surface area contributed by atoms with Crippen LogP contribution >= 0.6 is 0 Å². The maximum atomic E-state index is 13.3. The Kier molecular flexibility index (Phi) is 2.14. The Hall–Kier alpha value is -1.90. The van der Waals surface area contributed by atoms with E-state index in [1.54, 1.807) is 24.3 Å². The molecule has 2 aromatic carbocycles. The van der Waals surface area contributed by atoms with Gasteiger partial charge in [-0.15, -0.1) is 0 Å². The Labute approximate surface area is 79.9 Å². The van der Waals surface area contributed by atoms with Gasteiger partial charge in [0, 0.05) is 5.39 Å². The van der Waals surface area contributed by atoms with Crippen molar-refractivity contribution in [2.75, 3.05) is 0 Å². The number of benzene rings is 2. The molecule has 0 heterocycles. The standard InChI is InChI=1S/C11H6FO2/c12-11-3-1-2-8-4-5-9(14-7-13)6-10(8)11/h1-6H. The average Bonchev–Trinajstić information content (AvgIpc) is 2.20. The van der Waals surface area contributed by atoms with Gasteiger partial charge in [-0.1, -0.05) is 18.2 Å². The molecule has 0 saturated carbocycles. The van der Waals surface area contributed by atoms with Gasteiger partial charge in [0.2, 0.25) is 0 Å². The number of carbonyl (C=O) groups excluding carboxylic acids is 1. The van der Waals surface area contributed by atoms with Gasteiger partial charge in [-0.25, -0.2) is 9.18 Å². The molecule has 0 aromatic heterocycles. The first-order chi connectivity index (χ1) is 6.81. The van der Waals surface area contributed by atoms with Gasteiger partial charge in [0.05, 0.1) is 0 Å². The number of hydrogen-bond donors (Lipinski definition) is 0. The van der Waals surface area contributed by atoms with Gasteiger partial charge in [0.1, 0.15) is 11.6 Å². The van der Waals surface area contributed by atoms with Crippen molar-refractivity contribution in [3.05, 3.63) is 42.2 Å².